The Labute approximate surface area is 226 Å². The first-order chi connectivity index (χ1) is 19.2. The van der Waals surface area contributed by atoms with Gasteiger partial charge in [-0.3, -0.25) is 14.6 Å². The molecule has 1 aliphatic heterocycles. The van der Waals surface area contributed by atoms with Crippen LogP contribution in [0.2, 0.25) is 0 Å². The molecular weight excluding hydrogens is 494 g/mol. The van der Waals surface area contributed by atoms with Crippen LogP contribution in [0.5, 0.6) is 11.5 Å². The Morgan fingerprint density at radius 2 is 1.79 bits per heavy atom. The second-order valence-electron chi connectivity index (χ2n) is 10.1. The van der Waals surface area contributed by atoms with E-state index in [9.17, 15) is 9.59 Å². The fourth-order valence-electron chi connectivity index (χ4n) is 5.46. The summed E-state index contributed by atoms with van der Waals surface area (Å²) < 4.78 is 17.0. The van der Waals surface area contributed by atoms with E-state index < -0.39 is 6.04 Å². The minimum atomic E-state index is -0.887. The molecule has 4 aromatic rings. The first-order valence-corrected chi connectivity index (χ1v) is 13.5. The second kappa shape index (κ2) is 11.2. The number of hydrogen-bond donors (Lipinski definition) is 1. The minimum Gasteiger partial charge on any atom is -0.486 e. The first kappa shape index (κ1) is 25.0. The third-order valence-corrected chi connectivity index (χ3v) is 7.41. The van der Waals surface area contributed by atoms with E-state index in [1.807, 2.05) is 36.4 Å². The maximum atomic E-state index is 14.2. The number of fused-ring (bicyclic) bond motifs is 2. The molecule has 3 heterocycles. The molecule has 0 unspecified atom stereocenters. The number of hydrogen-bond acceptors (Lipinski definition) is 6. The van der Waals surface area contributed by atoms with Crippen molar-refractivity contribution in [3.05, 3.63) is 90.0 Å². The normalized spacial score (nSPS) is 16.0. The van der Waals surface area contributed by atoms with Gasteiger partial charge in [-0.05, 0) is 66.9 Å². The van der Waals surface area contributed by atoms with E-state index in [0.29, 0.717) is 41.6 Å². The van der Waals surface area contributed by atoms with E-state index in [0.717, 1.165) is 36.6 Å². The molecule has 1 N–H and O–H groups in total. The van der Waals surface area contributed by atoms with Crippen LogP contribution in [0.25, 0.3) is 10.9 Å². The van der Waals surface area contributed by atoms with Gasteiger partial charge in [-0.15, -0.1) is 0 Å². The maximum absolute atomic E-state index is 14.2. The Hall–Kier alpha value is -4.33. The lowest BCUT2D eigenvalue weighted by atomic mass is 9.94. The zero-order valence-corrected chi connectivity index (χ0v) is 21.7. The van der Waals surface area contributed by atoms with Crippen LogP contribution >= 0.6 is 0 Å². The van der Waals surface area contributed by atoms with Crippen molar-refractivity contribution in [3.8, 4) is 11.5 Å². The summed E-state index contributed by atoms with van der Waals surface area (Å²) in [5, 5.41) is 4.16. The van der Waals surface area contributed by atoms with E-state index in [2.05, 4.69) is 10.3 Å². The molecule has 2 aromatic carbocycles. The lowest BCUT2D eigenvalue weighted by molar-refractivity contribution is -0.127. The van der Waals surface area contributed by atoms with Crippen LogP contribution in [0.4, 0.5) is 0 Å². The van der Waals surface area contributed by atoms with Crippen molar-refractivity contribution in [2.45, 2.75) is 50.7 Å². The number of aromatic nitrogens is 1. The number of benzene rings is 2. The van der Waals surface area contributed by atoms with E-state index in [4.69, 9.17) is 13.9 Å². The molecule has 39 heavy (non-hydrogen) atoms. The molecule has 1 saturated carbocycles. The monoisotopic (exact) mass is 525 g/mol. The summed E-state index contributed by atoms with van der Waals surface area (Å²) in [5.41, 5.74) is 1.94. The van der Waals surface area contributed by atoms with E-state index in [1.165, 1.54) is 6.42 Å². The van der Waals surface area contributed by atoms with Gasteiger partial charge in [0.05, 0.1) is 18.3 Å². The number of carbonyl (C=O) groups excluding carboxylic acids is 2. The third-order valence-electron chi connectivity index (χ3n) is 7.41. The average Bonchev–Trinajstić information content (AvgIpc) is 3.50. The van der Waals surface area contributed by atoms with Crippen LogP contribution in [0.1, 0.15) is 59.8 Å². The highest BCUT2D eigenvalue weighted by Crippen LogP contribution is 2.34. The number of carbonyl (C=O) groups is 2. The van der Waals surface area contributed by atoms with Gasteiger partial charge in [-0.25, -0.2) is 0 Å². The summed E-state index contributed by atoms with van der Waals surface area (Å²) in [5.74, 6) is 1.19. The Morgan fingerprint density at radius 1 is 0.949 bits per heavy atom. The number of rotatable bonds is 7. The van der Waals surface area contributed by atoms with Crippen molar-refractivity contribution in [1.29, 1.82) is 0 Å². The summed E-state index contributed by atoms with van der Waals surface area (Å²) in [4.78, 5) is 34.3. The molecule has 2 aromatic heterocycles. The van der Waals surface area contributed by atoms with Crippen LogP contribution < -0.4 is 14.8 Å². The Balaban J connectivity index is 1.42. The van der Waals surface area contributed by atoms with Gasteiger partial charge in [0.2, 0.25) is 5.91 Å². The van der Waals surface area contributed by atoms with Gasteiger partial charge in [0.15, 0.2) is 11.5 Å². The average molecular weight is 526 g/mol. The van der Waals surface area contributed by atoms with Gasteiger partial charge in [0, 0.05) is 23.2 Å². The Bertz CT molecular complexity index is 1460. The number of nitrogens with one attached hydrogen (secondary N) is 1. The molecule has 1 fully saturated rings. The van der Waals surface area contributed by atoms with Crippen molar-refractivity contribution in [1.82, 2.24) is 15.2 Å². The van der Waals surface area contributed by atoms with Crippen molar-refractivity contribution in [2.24, 2.45) is 0 Å². The predicted molar refractivity (Wildman–Crippen MR) is 146 cm³/mol. The molecule has 0 bridgehead atoms. The zero-order valence-electron chi connectivity index (χ0n) is 21.7. The summed E-state index contributed by atoms with van der Waals surface area (Å²) in [6.45, 7) is 0.998. The van der Waals surface area contributed by atoms with Gasteiger partial charge < -0.3 is 24.1 Å². The van der Waals surface area contributed by atoms with Crippen LogP contribution in [-0.2, 0) is 11.3 Å². The lowest BCUT2D eigenvalue weighted by Gasteiger charge is -2.33. The molecular formula is C31H31N3O5. The highest BCUT2D eigenvalue weighted by Gasteiger charge is 2.35. The lowest BCUT2D eigenvalue weighted by Crippen LogP contribution is -2.46. The maximum Gasteiger partial charge on any atom is 0.255 e. The molecule has 2 amide bonds. The topological polar surface area (TPSA) is 93.9 Å². The molecule has 200 valence electrons. The van der Waals surface area contributed by atoms with Crippen molar-refractivity contribution < 1.29 is 23.5 Å². The standard InChI is InChI=1S/C31H31N3O5/c35-30(33-24-7-2-1-3-8-24)29(22-10-12-26-21(18-22)6-4-14-32-26)34(20-25-9-5-15-37-25)31(36)23-11-13-27-28(19-23)39-17-16-38-27/h4-6,9-15,18-19,24,29H,1-3,7-8,16-17,20H2,(H,33,35)/t29-/m0/s1. The van der Waals surface area contributed by atoms with Crippen LogP contribution in [0.15, 0.2) is 77.5 Å². The van der Waals surface area contributed by atoms with Crippen molar-refractivity contribution >= 4 is 22.7 Å². The third kappa shape index (κ3) is 5.46. The molecule has 2 aliphatic rings. The second-order valence-corrected chi connectivity index (χ2v) is 10.1. The van der Waals surface area contributed by atoms with E-state index in [1.54, 1.807) is 41.6 Å². The molecule has 1 aliphatic carbocycles. The predicted octanol–water partition coefficient (Wildman–Crippen LogP) is 5.43. The Kier molecular flexibility index (Phi) is 7.17. The quantitative estimate of drug-likeness (QED) is 0.346. The summed E-state index contributed by atoms with van der Waals surface area (Å²) in [6.07, 6.45) is 8.54. The molecule has 8 nitrogen and oxygen atoms in total. The number of ether oxygens (including phenoxy) is 2. The number of furan rings is 1. The fraction of sp³-hybridized carbons (Fsp3) is 0.323. The minimum absolute atomic E-state index is 0.0886. The van der Waals surface area contributed by atoms with Crippen molar-refractivity contribution in [2.75, 3.05) is 13.2 Å². The summed E-state index contributed by atoms with van der Waals surface area (Å²) in [7, 11) is 0. The molecule has 0 radical (unpaired) electrons. The molecule has 1 atom stereocenters. The highest BCUT2D eigenvalue weighted by atomic mass is 16.6. The molecule has 0 saturated heterocycles. The first-order valence-electron chi connectivity index (χ1n) is 13.5. The van der Waals surface area contributed by atoms with E-state index >= 15 is 0 Å². The van der Waals surface area contributed by atoms with Gasteiger partial charge in [-0.1, -0.05) is 31.4 Å². The van der Waals surface area contributed by atoms with E-state index in [-0.39, 0.29) is 24.4 Å². The number of amides is 2. The van der Waals surface area contributed by atoms with Crippen LogP contribution in [-0.4, -0.2) is 41.0 Å². The summed E-state index contributed by atoms with van der Waals surface area (Å²) >= 11 is 0. The molecule has 8 heteroatoms. The van der Waals surface area contributed by atoms with Crippen LogP contribution in [0, 0.1) is 0 Å². The Morgan fingerprint density at radius 3 is 2.62 bits per heavy atom. The summed E-state index contributed by atoms with van der Waals surface area (Å²) in [6, 6.07) is 17.5. The van der Waals surface area contributed by atoms with Crippen molar-refractivity contribution in [3.63, 3.8) is 0 Å². The number of nitrogens with zero attached hydrogens (tertiary/aromatic N) is 2. The van der Waals surface area contributed by atoms with Gasteiger partial charge in [0.25, 0.3) is 5.91 Å². The zero-order chi connectivity index (χ0) is 26.6. The smallest absolute Gasteiger partial charge is 0.255 e. The number of pyridine rings is 1. The van der Waals surface area contributed by atoms with Crippen LogP contribution in [0.3, 0.4) is 0 Å². The SMILES string of the molecule is O=C(NC1CCCCC1)[C@H](c1ccc2ncccc2c1)N(Cc1ccco1)C(=O)c1ccc2c(c1)OCCO2. The molecule has 0 spiro atoms. The van der Waals surface area contributed by atoms with Gasteiger partial charge in [0.1, 0.15) is 25.0 Å². The van der Waals surface area contributed by atoms with Gasteiger partial charge >= 0.3 is 0 Å². The molecule has 6 rings (SSSR count). The highest BCUT2D eigenvalue weighted by molar-refractivity contribution is 5.99. The van der Waals surface area contributed by atoms with Gasteiger partial charge in [-0.2, -0.15) is 0 Å². The fourth-order valence-corrected chi connectivity index (χ4v) is 5.46. The largest absolute Gasteiger partial charge is 0.486 e.